The number of aryl methyl sites for hydroxylation is 4. The maximum absolute atomic E-state index is 14.1. The van der Waals surface area contributed by atoms with Gasteiger partial charge in [0.05, 0.1) is 26.1 Å². The highest BCUT2D eigenvalue weighted by atomic mass is 79.9. The number of carbonyl (C=O) groups is 1. The molecule has 220 valence electrons. The molecule has 0 fully saturated rings. The Kier molecular flexibility index (Phi) is 10.7. The first-order valence-corrected chi connectivity index (χ1v) is 15.9. The van der Waals surface area contributed by atoms with Crippen LogP contribution in [0.5, 0.6) is 34.5 Å². The van der Waals surface area contributed by atoms with Gasteiger partial charge in [-0.2, -0.15) is 0 Å². The van der Waals surface area contributed by atoms with Gasteiger partial charge < -0.3 is 18.9 Å². The molecule has 4 aromatic carbocycles. The Morgan fingerprint density at radius 2 is 0.929 bits per heavy atom. The number of hydrogen-bond acceptors (Lipinski definition) is 5. The molecular formula is C35H36Br2O5. The average molecular weight is 696 g/mol. The normalized spacial score (nSPS) is 12.4. The molecule has 7 heteroatoms. The number of ether oxygens (including phenoxy) is 4. The van der Waals surface area contributed by atoms with Crippen molar-refractivity contribution in [1.82, 2.24) is 0 Å². The lowest BCUT2D eigenvalue weighted by molar-refractivity contribution is -0.121. The predicted molar refractivity (Wildman–Crippen MR) is 176 cm³/mol. The van der Waals surface area contributed by atoms with Crippen molar-refractivity contribution >= 4 is 37.6 Å². The summed E-state index contributed by atoms with van der Waals surface area (Å²) in [6.07, 6.45) is 0. The van der Waals surface area contributed by atoms with E-state index in [1.54, 1.807) is 14.2 Å². The average Bonchev–Trinajstić information content (AvgIpc) is 2.98. The maximum Gasteiger partial charge on any atom is 0.149 e. The molecule has 4 rings (SSSR count). The third kappa shape index (κ3) is 7.19. The molecule has 0 aliphatic heterocycles. The van der Waals surface area contributed by atoms with E-state index in [9.17, 15) is 4.79 Å². The Morgan fingerprint density at radius 3 is 1.24 bits per heavy atom. The van der Waals surface area contributed by atoms with E-state index in [2.05, 4.69) is 56.1 Å². The lowest BCUT2D eigenvalue weighted by Crippen LogP contribution is -2.23. The first-order valence-electron chi connectivity index (χ1n) is 13.7. The van der Waals surface area contributed by atoms with Crippen molar-refractivity contribution < 1.29 is 23.7 Å². The molecule has 42 heavy (non-hydrogen) atoms. The fourth-order valence-electron chi connectivity index (χ4n) is 5.16. The third-order valence-corrected chi connectivity index (χ3v) is 8.58. The Labute approximate surface area is 265 Å². The van der Waals surface area contributed by atoms with E-state index in [0.717, 1.165) is 56.4 Å². The SMILES string of the molecule is COc1cccc(Oc2c(C)cc(C(CBr)C(=O)C(CBr)c3cc(C)c(Oc4cccc(OC)c4)c(C)c3)cc2C)c1. The zero-order valence-corrected chi connectivity index (χ0v) is 28.0. The molecule has 0 amide bonds. The maximum atomic E-state index is 14.1. The monoisotopic (exact) mass is 694 g/mol. The highest BCUT2D eigenvalue weighted by molar-refractivity contribution is 9.09. The number of methoxy groups -OCH3 is 2. The van der Waals surface area contributed by atoms with Crippen molar-refractivity contribution in [3.8, 4) is 34.5 Å². The van der Waals surface area contributed by atoms with Crippen LogP contribution in [-0.2, 0) is 4.79 Å². The van der Waals surface area contributed by atoms with Gasteiger partial charge in [-0.1, -0.05) is 68.3 Å². The van der Waals surface area contributed by atoms with Crippen molar-refractivity contribution in [2.75, 3.05) is 24.9 Å². The lowest BCUT2D eigenvalue weighted by Gasteiger charge is -2.23. The molecule has 0 aromatic heterocycles. The molecule has 5 nitrogen and oxygen atoms in total. The van der Waals surface area contributed by atoms with Crippen LogP contribution in [0.15, 0.2) is 72.8 Å². The molecule has 0 saturated carbocycles. The van der Waals surface area contributed by atoms with Crippen LogP contribution in [0.2, 0.25) is 0 Å². The van der Waals surface area contributed by atoms with E-state index >= 15 is 0 Å². The van der Waals surface area contributed by atoms with Crippen molar-refractivity contribution in [1.29, 1.82) is 0 Å². The number of ketones is 1. The summed E-state index contributed by atoms with van der Waals surface area (Å²) >= 11 is 7.28. The fourth-order valence-corrected chi connectivity index (χ4v) is 6.54. The number of Topliss-reactive ketones (excluding diaryl/α,β-unsaturated/α-hetero) is 1. The van der Waals surface area contributed by atoms with E-state index in [1.165, 1.54) is 0 Å². The molecule has 0 heterocycles. The minimum absolute atomic E-state index is 0.143. The Hall–Kier alpha value is -3.29. The lowest BCUT2D eigenvalue weighted by atomic mass is 9.83. The second-order valence-corrected chi connectivity index (χ2v) is 11.6. The molecule has 0 spiro atoms. The smallest absolute Gasteiger partial charge is 0.149 e. The van der Waals surface area contributed by atoms with Crippen LogP contribution in [0.25, 0.3) is 0 Å². The van der Waals surface area contributed by atoms with Crippen molar-refractivity contribution in [2.45, 2.75) is 39.5 Å². The standard InChI is InChI=1S/C35H36Br2O5/c1-21-13-25(14-22(2)34(21)41-29-11-7-9-27(17-29)39-5)31(19-36)33(38)32(20-37)26-15-23(3)35(24(4)16-26)42-30-12-8-10-28(18-30)40-6/h7-18,31-32H,19-20H2,1-6H3. The second-order valence-electron chi connectivity index (χ2n) is 10.3. The summed E-state index contributed by atoms with van der Waals surface area (Å²) in [4.78, 5) is 14.1. The van der Waals surface area contributed by atoms with Crippen LogP contribution >= 0.6 is 31.9 Å². The molecule has 2 unspecified atom stereocenters. The van der Waals surface area contributed by atoms with E-state index < -0.39 is 0 Å². The molecule has 0 radical (unpaired) electrons. The Balaban J connectivity index is 1.59. The van der Waals surface area contributed by atoms with Gasteiger partial charge in [-0.25, -0.2) is 0 Å². The predicted octanol–water partition coefficient (Wildman–Crippen LogP) is 9.75. The van der Waals surface area contributed by atoms with Crippen LogP contribution in [-0.4, -0.2) is 30.7 Å². The topological polar surface area (TPSA) is 54.0 Å². The van der Waals surface area contributed by atoms with Gasteiger partial charge in [0.2, 0.25) is 0 Å². The fraction of sp³-hybridized carbons (Fsp3) is 0.286. The first-order chi connectivity index (χ1) is 20.2. The van der Waals surface area contributed by atoms with E-state index in [4.69, 9.17) is 18.9 Å². The highest BCUT2D eigenvalue weighted by Gasteiger charge is 2.30. The number of rotatable bonds is 12. The van der Waals surface area contributed by atoms with Gasteiger partial charge in [-0.05, 0) is 85.3 Å². The van der Waals surface area contributed by atoms with Gasteiger partial charge in [0.1, 0.15) is 40.3 Å². The van der Waals surface area contributed by atoms with Gasteiger partial charge in [0.25, 0.3) is 0 Å². The summed E-state index contributed by atoms with van der Waals surface area (Å²) in [6.45, 7) is 8.05. The zero-order chi connectivity index (χ0) is 30.4. The van der Waals surface area contributed by atoms with Crippen LogP contribution in [0, 0.1) is 27.7 Å². The van der Waals surface area contributed by atoms with Gasteiger partial charge in [0.15, 0.2) is 0 Å². The Bertz CT molecular complexity index is 1400. The van der Waals surface area contributed by atoms with Crippen LogP contribution in [0.4, 0.5) is 0 Å². The van der Waals surface area contributed by atoms with Gasteiger partial charge >= 0.3 is 0 Å². The largest absolute Gasteiger partial charge is 0.497 e. The highest BCUT2D eigenvalue weighted by Crippen LogP contribution is 2.38. The summed E-state index contributed by atoms with van der Waals surface area (Å²) in [5.41, 5.74) is 5.78. The Morgan fingerprint density at radius 1 is 0.595 bits per heavy atom. The molecule has 0 N–H and O–H groups in total. The van der Waals surface area contributed by atoms with E-state index in [0.29, 0.717) is 22.2 Å². The molecule has 4 aromatic rings. The number of hydrogen-bond donors (Lipinski definition) is 0. The number of alkyl halides is 2. The third-order valence-electron chi connectivity index (χ3n) is 7.29. The number of benzene rings is 4. The summed E-state index contributed by atoms with van der Waals surface area (Å²) in [5.74, 6) is 3.91. The number of carbonyl (C=O) groups excluding carboxylic acids is 1. The minimum Gasteiger partial charge on any atom is -0.497 e. The van der Waals surface area contributed by atoms with Crippen molar-refractivity contribution in [2.24, 2.45) is 0 Å². The molecule has 0 aliphatic rings. The van der Waals surface area contributed by atoms with Crippen LogP contribution < -0.4 is 18.9 Å². The number of halogens is 2. The first kappa shape index (κ1) is 31.6. The molecule has 0 aliphatic carbocycles. The summed E-state index contributed by atoms with van der Waals surface area (Å²) < 4.78 is 23.1. The van der Waals surface area contributed by atoms with E-state index in [-0.39, 0.29) is 17.6 Å². The zero-order valence-electron chi connectivity index (χ0n) is 24.8. The molecule has 0 bridgehead atoms. The minimum atomic E-state index is -0.329. The van der Waals surface area contributed by atoms with Crippen LogP contribution in [0.1, 0.15) is 45.2 Å². The second kappa shape index (κ2) is 14.3. The van der Waals surface area contributed by atoms with Gasteiger partial charge in [-0.3, -0.25) is 4.79 Å². The molecular weight excluding hydrogens is 660 g/mol. The van der Waals surface area contributed by atoms with Crippen LogP contribution in [0.3, 0.4) is 0 Å². The van der Waals surface area contributed by atoms with Crippen molar-refractivity contribution in [3.63, 3.8) is 0 Å². The quantitative estimate of drug-likeness (QED) is 0.138. The summed E-state index contributed by atoms with van der Waals surface area (Å²) in [6, 6.07) is 23.3. The van der Waals surface area contributed by atoms with Gasteiger partial charge in [0, 0.05) is 22.8 Å². The summed E-state index contributed by atoms with van der Waals surface area (Å²) in [7, 11) is 3.27. The van der Waals surface area contributed by atoms with Crippen molar-refractivity contribution in [3.05, 3.63) is 106 Å². The van der Waals surface area contributed by atoms with E-state index in [1.807, 2.05) is 76.2 Å². The van der Waals surface area contributed by atoms with Gasteiger partial charge in [-0.15, -0.1) is 0 Å². The summed E-state index contributed by atoms with van der Waals surface area (Å²) in [5, 5.41) is 1.03. The molecule has 2 atom stereocenters. The molecule has 0 saturated heterocycles.